The predicted molar refractivity (Wildman–Crippen MR) is 135 cm³/mol. The number of ether oxygens (including phenoxy) is 1. The highest BCUT2D eigenvalue weighted by Crippen LogP contribution is 2.38. The number of carbonyl (C=O) groups is 2. The second-order valence-corrected chi connectivity index (χ2v) is 9.46. The average molecular weight is 475 g/mol. The Bertz CT molecular complexity index is 1210. The largest absolute Gasteiger partial charge is 0.484 e. The third-order valence-corrected chi connectivity index (χ3v) is 6.11. The molecule has 1 atom stereocenters. The lowest BCUT2D eigenvalue weighted by Crippen LogP contribution is -2.41. The summed E-state index contributed by atoms with van der Waals surface area (Å²) in [6, 6.07) is 19.3. The van der Waals surface area contributed by atoms with E-state index in [4.69, 9.17) is 4.74 Å². The van der Waals surface area contributed by atoms with E-state index in [-0.39, 0.29) is 36.2 Å². The van der Waals surface area contributed by atoms with Gasteiger partial charge >= 0.3 is 0 Å². The van der Waals surface area contributed by atoms with Crippen LogP contribution in [0.15, 0.2) is 66.7 Å². The maximum absolute atomic E-state index is 13.7. The number of nitrogens with zero attached hydrogens (tertiary/aromatic N) is 1. The number of nitrogens with one attached hydrogen (secondary N) is 1. The normalized spacial score (nSPS) is 15.0. The summed E-state index contributed by atoms with van der Waals surface area (Å²) in [7, 11) is 0. The first-order valence-corrected chi connectivity index (χ1v) is 12.0. The van der Waals surface area contributed by atoms with E-state index >= 15 is 0 Å². The standard InChI is InChI=1S/C29H31FN2O3/c1-19(2)15-28(34)32-14-13-21-9-12-25(17-26(21)29(32)22-7-10-23(30)11-8-22)35-18-27(33)31-24-6-4-5-20(3)16-24/h4-12,16-17,19,29H,13-15,18H2,1-3H3,(H,31,33). The molecule has 6 heteroatoms. The van der Waals surface area contributed by atoms with Gasteiger partial charge in [0.05, 0.1) is 6.04 Å². The van der Waals surface area contributed by atoms with Crippen LogP contribution in [0.5, 0.6) is 5.75 Å². The first-order chi connectivity index (χ1) is 16.8. The Morgan fingerprint density at radius 3 is 2.57 bits per heavy atom. The molecular formula is C29H31FN2O3. The molecule has 0 saturated carbocycles. The van der Waals surface area contributed by atoms with Crippen LogP contribution in [-0.4, -0.2) is 29.9 Å². The monoisotopic (exact) mass is 474 g/mol. The molecule has 1 aliphatic rings. The molecule has 2 amide bonds. The first kappa shape index (κ1) is 24.5. The molecule has 1 N–H and O–H groups in total. The lowest BCUT2D eigenvalue weighted by Gasteiger charge is -2.38. The Morgan fingerprint density at radius 1 is 1.09 bits per heavy atom. The summed E-state index contributed by atoms with van der Waals surface area (Å²) in [5.41, 5.74) is 4.68. The zero-order chi connectivity index (χ0) is 24.9. The second-order valence-electron chi connectivity index (χ2n) is 9.46. The molecule has 0 aliphatic carbocycles. The number of carbonyl (C=O) groups excluding carboxylic acids is 2. The van der Waals surface area contributed by atoms with E-state index in [1.165, 1.54) is 12.1 Å². The van der Waals surface area contributed by atoms with Gasteiger partial charge in [-0.3, -0.25) is 9.59 Å². The molecule has 5 nitrogen and oxygen atoms in total. The number of aryl methyl sites for hydroxylation is 1. The van der Waals surface area contributed by atoms with Gasteiger partial charge in [-0.25, -0.2) is 4.39 Å². The highest BCUT2D eigenvalue weighted by molar-refractivity contribution is 5.91. The Balaban J connectivity index is 1.57. The van der Waals surface area contributed by atoms with Crippen LogP contribution < -0.4 is 10.1 Å². The molecule has 0 radical (unpaired) electrons. The molecular weight excluding hydrogens is 443 g/mol. The number of anilines is 1. The van der Waals surface area contributed by atoms with Gasteiger partial charge in [0.25, 0.3) is 5.91 Å². The van der Waals surface area contributed by atoms with Gasteiger partial charge in [0.2, 0.25) is 5.91 Å². The molecule has 3 aromatic rings. The molecule has 0 aromatic heterocycles. The third kappa shape index (κ3) is 6.07. The summed E-state index contributed by atoms with van der Waals surface area (Å²) in [6.45, 7) is 6.47. The summed E-state index contributed by atoms with van der Waals surface area (Å²) >= 11 is 0. The lowest BCUT2D eigenvalue weighted by atomic mass is 9.87. The van der Waals surface area contributed by atoms with Crippen molar-refractivity contribution in [3.8, 4) is 5.75 Å². The topological polar surface area (TPSA) is 58.6 Å². The number of hydrogen-bond acceptors (Lipinski definition) is 3. The van der Waals surface area contributed by atoms with Gasteiger partial charge in [0.15, 0.2) is 6.61 Å². The maximum Gasteiger partial charge on any atom is 0.262 e. The Labute approximate surface area is 205 Å². The number of fused-ring (bicyclic) bond motifs is 1. The molecule has 35 heavy (non-hydrogen) atoms. The molecule has 3 aromatic carbocycles. The summed E-state index contributed by atoms with van der Waals surface area (Å²) in [5, 5.41) is 2.84. The minimum Gasteiger partial charge on any atom is -0.484 e. The lowest BCUT2D eigenvalue weighted by molar-refractivity contribution is -0.134. The molecule has 1 heterocycles. The van der Waals surface area contributed by atoms with Gasteiger partial charge in [-0.15, -0.1) is 0 Å². The van der Waals surface area contributed by atoms with Crippen molar-refractivity contribution in [1.29, 1.82) is 0 Å². The van der Waals surface area contributed by atoms with Gasteiger partial charge in [-0.1, -0.05) is 44.2 Å². The zero-order valence-electron chi connectivity index (χ0n) is 20.4. The number of benzene rings is 3. The molecule has 0 saturated heterocycles. The fraction of sp³-hybridized carbons (Fsp3) is 0.310. The van der Waals surface area contributed by atoms with E-state index in [9.17, 15) is 14.0 Å². The molecule has 1 aliphatic heterocycles. The van der Waals surface area contributed by atoms with E-state index in [0.29, 0.717) is 18.7 Å². The van der Waals surface area contributed by atoms with Gasteiger partial charge in [0, 0.05) is 18.7 Å². The SMILES string of the molecule is Cc1cccc(NC(=O)COc2ccc3c(c2)C(c2ccc(F)cc2)N(C(=O)CC(C)C)CC3)c1. The van der Waals surface area contributed by atoms with E-state index in [1.807, 2.05) is 68.1 Å². The Kier molecular flexibility index (Phi) is 7.49. The number of halogens is 1. The van der Waals surface area contributed by atoms with Crippen LogP contribution in [-0.2, 0) is 16.0 Å². The summed E-state index contributed by atoms with van der Waals surface area (Å²) in [5.74, 6) is 0.287. The van der Waals surface area contributed by atoms with Crippen LogP contribution in [0.2, 0.25) is 0 Å². The Hall–Kier alpha value is -3.67. The number of hydrogen-bond donors (Lipinski definition) is 1. The van der Waals surface area contributed by atoms with Crippen molar-refractivity contribution in [2.45, 2.75) is 39.7 Å². The smallest absolute Gasteiger partial charge is 0.262 e. The fourth-order valence-electron chi connectivity index (χ4n) is 4.49. The minimum absolute atomic E-state index is 0.0730. The highest BCUT2D eigenvalue weighted by atomic mass is 19.1. The third-order valence-electron chi connectivity index (χ3n) is 6.11. The van der Waals surface area contributed by atoms with Gasteiger partial charge < -0.3 is 15.0 Å². The molecule has 182 valence electrons. The summed E-state index contributed by atoms with van der Waals surface area (Å²) in [4.78, 5) is 27.4. The quantitative estimate of drug-likeness (QED) is 0.480. The van der Waals surface area contributed by atoms with Crippen LogP contribution in [0.4, 0.5) is 10.1 Å². The van der Waals surface area contributed by atoms with E-state index in [2.05, 4.69) is 5.32 Å². The van der Waals surface area contributed by atoms with Crippen molar-refractivity contribution >= 4 is 17.5 Å². The summed E-state index contributed by atoms with van der Waals surface area (Å²) in [6.07, 6.45) is 1.17. The second kappa shape index (κ2) is 10.7. The molecule has 0 fully saturated rings. The zero-order valence-corrected chi connectivity index (χ0v) is 20.4. The van der Waals surface area contributed by atoms with Crippen LogP contribution in [0.25, 0.3) is 0 Å². The van der Waals surface area contributed by atoms with E-state index in [0.717, 1.165) is 34.4 Å². The number of amides is 2. The van der Waals surface area contributed by atoms with Crippen LogP contribution in [0.1, 0.15) is 48.6 Å². The van der Waals surface area contributed by atoms with Crippen molar-refractivity contribution in [2.75, 3.05) is 18.5 Å². The van der Waals surface area contributed by atoms with Crippen LogP contribution in [0.3, 0.4) is 0 Å². The van der Waals surface area contributed by atoms with Gasteiger partial charge in [-0.2, -0.15) is 0 Å². The van der Waals surface area contributed by atoms with Gasteiger partial charge in [0.1, 0.15) is 11.6 Å². The van der Waals surface area contributed by atoms with Crippen molar-refractivity contribution in [3.05, 3.63) is 94.8 Å². The van der Waals surface area contributed by atoms with Gasteiger partial charge in [-0.05, 0) is 77.9 Å². The molecule has 4 rings (SSSR count). The van der Waals surface area contributed by atoms with Crippen molar-refractivity contribution in [2.24, 2.45) is 5.92 Å². The Morgan fingerprint density at radius 2 is 1.86 bits per heavy atom. The molecule has 1 unspecified atom stereocenters. The average Bonchev–Trinajstić information content (AvgIpc) is 2.82. The molecule has 0 bridgehead atoms. The van der Waals surface area contributed by atoms with Crippen molar-refractivity contribution < 1.29 is 18.7 Å². The summed E-state index contributed by atoms with van der Waals surface area (Å²) < 4.78 is 19.5. The minimum atomic E-state index is -0.338. The number of rotatable bonds is 7. The van der Waals surface area contributed by atoms with Crippen molar-refractivity contribution in [1.82, 2.24) is 4.90 Å². The first-order valence-electron chi connectivity index (χ1n) is 12.0. The van der Waals surface area contributed by atoms with E-state index < -0.39 is 0 Å². The van der Waals surface area contributed by atoms with Crippen LogP contribution >= 0.6 is 0 Å². The maximum atomic E-state index is 13.7. The van der Waals surface area contributed by atoms with E-state index in [1.54, 1.807) is 12.1 Å². The van der Waals surface area contributed by atoms with Crippen LogP contribution in [0, 0.1) is 18.7 Å². The fourth-order valence-corrected chi connectivity index (χ4v) is 4.49. The predicted octanol–water partition coefficient (Wildman–Crippen LogP) is 5.67. The van der Waals surface area contributed by atoms with Crippen molar-refractivity contribution in [3.63, 3.8) is 0 Å². The molecule has 0 spiro atoms. The highest BCUT2D eigenvalue weighted by Gasteiger charge is 2.32.